The Bertz CT molecular complexity index is 742. The van der Waals surface area contributed by atoms with E-state index in [1.54, 1.807) is 12.1 Å². The van der Waals surface area contributed by atoms with Gasteiger partial charge in [-0.05, 0) is 37.1 Å². The molecule has 0 atom stereocenters. The number of aryl methyl sites for hydroxylation is 2. The van der Waals surface area contributed by atoms with E-state index in [1.807, 2.05) is 44.2 Å². The molecule has 5 heteroatoms. The molecule has 0 spiro atoms. The van der Waals surface area contributed by atoms with Gasteiger partial charge in [-0.1, -0.05) is 47.5 Å². The third-order valence-electron chi connectivity index (χ3n) is 3.75. The van der Waals surface area contributed by atoms with E-state index >= 15 is 0 Å². The van der Waals surface area contributed by atoms with E-state index in [0.29, 0.717) is 17.3 Å². The Balaban J connectivity index is 2.04. The van der Waals surface area contributed by atoms with Gasteiger partial charge >= 0.3 is 0 Å². The van der Waals surface area contributed by atoms with Crippen LogP contribution >= 0.6 is 11.6 Å². The minimum absolute atomic E-state index is 0.0393. The van der Waals surface area contributed by atoms with Crippen molar-refractivity contribution in [3.8, 4) is 0 Å². The third kappa shape index (κ3) is 4.83. The molecule has 0 saturated heterocycles. The molecule has 0 aliphatic rings. The summed E-state index contributed by atoms with van der Waals surface area (Å²) in [5.41, 5.74) is 3.73. The van der Waals surface area contributed by atoms with E-state index in [1.165, 1.54) is 17.4 Å². The lowest BCUT2D eigenvalue weighted by molar-refractivity contribution is -0.123. The maximum atomic E-state index is 12.2. The summed E-state index contributed by atoms with van der Waals surface area (Å²) in [6, 6.07) is 13.2. The molecule has 0 radical (unpaired) electrons. The zero-order valence-electron chi connectivity index (χ0n) is 14.1. The van der Waals surface area contributed by atoms with Crippen LogP contribution in [0.25, 0.3) is 0 Å². The van der Waals surface area contributed by atoms with Crippen LogP contribution in [0.1, 0.15) is 23.6 Å². The number of carbonyl (C=O) groups is 2. The molecule has 0 bridgehead atoms. The van der Waals surface area contributed by atoms with Crippen molar-refractivity contribution in [2.45, 2.75) is 27.3 Å². The first-order chi connectivity index (χ1) is 11.4. The molecular formula is C19H21ClN2O2. The summed E-state index contributed by atoms with van der Waals surface area (Å²) in [6.45, 7) is 5.72. The summed E-state index contributed by atoms with van der Waals surface area (Å²) in [4.78, 5) is 25.6. The van der Waals surface area contributed by atoms with Gasteiger partial charge in [0.05, 0.1) is 0 Å². The first kappa shape index (κ1) is 18.0. The molecule has 0 heterocycles. The van der Waals surface area contributed by atoms with Gasteiger partial charge in [0.1, 0.15) is 6.54 Å². The van der Waals surface area contributed by atoms with Gasteiger partial charge in [-0.15, -0.1) is 0 Å². The van der Waals surface area contributed by atoms with Crippen molar-refractivity contribution < 1.29 is 9.59 Å². The van der Waals surface area contributed by atoms with Gasteiger partial charge in [0, 0.05) is 24.2 Å². The highest BCUT2D eigenvalue weighted by Gasteiger charge is 2.17. The second kappa shape index (κ2) is 7.97. The molecule has 0 aliphatic heterocycles. The van der Waals surface area contributed by atoms with E-state index in [4.69, 9.17) is 11.6 Å². The van der Waals surface area contributed by atoms with Crippen molar-refractivity contribution in [2.75, 3.05) is 11.4 Å². The molecule has 4 nitrogen and oxygen atoms in total. The lowest BCUT2D eigenvalue weighted by Crippen LogP contribution is -2.40. The number of rotatable bonds is 5. The molecule has 0 aliphatic carbocycles. The molecule has 0 aromatic heterocycles. The van der Waals surface area contributed by atoms with E-state index in [2.05, 4.69) is 5.32 Å². The number of halogens is 1. The first-order valence-electron chi connectivity index (χ1n) is 7.73. The van der Waals surface area contributed by atoms with Gasteiger partial charge in [-0.25, -0.2) is 0 Å². The Labute approximate surface area is 147 Å². The highest BCUT2D eigenvalue weighted by molar-refractivity contribution is 6.31. The molecule has 24 heavy (non-hydrogen) atoms. The Morgan fingerprint density at radius 1 is 1.08 bits per heavy atom. The number of hydrogen-bond acceptors (Lipinski definition) is 2. The van der Waals surface area contributed by atoms with Gasteiger partial charge in [-0.2, -0.15) is 0 Å². The number of carbonyl (C=O) groups excluding carboxylic acids is 2. The van der Waals surface area contributed by atoms with Crippen molar-refractivity contribution in [1.82, 2.24) is 5.32 Å². The van der Waals surface area contributed by atoms with Crippen LogP contribution in [-0.2, 0) is 16.1 Å². The van der Waals surface area contributed by atoms with Gasteiger partial charge in [0.25, 0.3) is 0 Å². The van der Waals surface area contributed by atoms with Crippen LogP contribution in [0.2, 0.25) is 5.02 Å². The fourth-order valence-electron chi connectivity index (χ4n) is 2.35. The standard InChI is InChI=1S/C19H21ClN2O2/c1-13-4-7-16(8-5-13)11-21-19(24)12-22(15(3)23)18-10-17(20)9-6-14(18)2/h4-10H,11-12H2,1-3H3,(H,21,24). The Morgan fingerprint density at radius 2 is 1.75 bits per heavy atom. The summed E-state index contributed by atoms with van der Waals surface area (Å²) in [7, 11) is 0. The molecule has 0 fully saturated rings. The minimum atomic E-state index is -0.217. The molecule has 2 aromatic rings. The van der Waals surface area contributed by atoms with Crippen molar-refractivity contribution in [3.05, 3.63) is 64.2 Å². The second-order valence-corrected chi connectivity index (χ2v) is 6.23. The maximum absolute atomic E-state index is 12.2. The average molecular weight is 345 g/mol. The fourth-order valence-corrected chi connectivity index (χ4v) is 2.51. The van der Waals surface area contributed by atoms with E-state index < -0.39 is 0 Å². The Morgan fingerprint density at radius 3 is 2.38 bits per heavy atom. The predicted octanol–water partition coefficient (Wildman–Crippen LogP) is 3.63. The summed E-state index contributed by atoms with van der Waals surface area (Å²) in [5, 5.41) is 3.37. The monoisotopic (exact) mass is 344 g/mol. The molecule has 1 N–H and O–H groups in total. The van der Waals surface area contributed by atoms with Crippen LogP contribution < -0.4 is 10.2 Å². The number of anilines is 1. The molecule has 0 saturated carbocycles. The predicted molar refractivity (Wildman–Crippen MR) is 97.2 cm³/mol. The molecular weight excluding hydrogens is 324 g/mol. The van der Waals surface area contributed by atoms with Crippen LogP contribution in [-0.4, -0.2) is 18.4 Å². The van der Waals surface area contributed by atoms with Gasteiger partial charge in [0.2, 0.25) is 11.8 Å². The summed E-state index contributed by atoms with van der Waals surface area (Å²) in [5.74, 6) is -0.420. The van der Waals surface area contributed by atoms with E-state index in [-0.39, 0.29) is 18.4 Å². The van der Waals surface area contributed by atoms with Gasteiger partial charge in [0.15, 0.2) is 0 Å². The topological polar surface area (TPSA) is 49.4 Å². The van der Waals surface area contributed by atoms with Crippen LogP contribution in [0.4, 0.5) is 5.69 Å². The molecule has 2 rings (SSSR count). The largest absolute Gasteiger partial charge is 0.350 e. The van der Waals surface area contributed by atoms with Gasteiger partial charge in [-0.3, -0.25) is 9.59 Å². The van der Waals surface area contributed by atoms with Crippen LogP contribution in [0.15, 0.2) is 42.5 Å². The number of amides is 2. The Kier molecular flexibility index (Phi) is 5.99. The van der Waals surface area contributed by atoms with E-state index in [9.17, 15) is 9.59 Å². The smallest absolute Gasteiger partial charge is 0.240 e. The third-order valence-corrected chi connectivity index (χ3v) is 3.99. The highest BCUT2D eigenvalue weighted by atomic mass is 35.5. The normalized spacial score (nSPS) is 10.3. The van der Waals surface area contributed by atoms with Crippen LogP contribution in [0.5, 0.6) is 0 Å². The molecule has 0 unspecified atom stereocenters. The zero-order valence-corrected chi connectivity index (χ0v) is 14.9. The number of nitrogens with one attached hydrogen (secondary N) is 1. The number of hydrogen-bond donors (Lipinski definition) is 1. The van der Waals surface area contributed by atoms with Crippen molar-refractivity contribution >= 4 is 29.1 Å². The van der Waals surface area contributed by atoms with Crippen LogP contribution in [0.3, 0.4) is 0 Å². The minimum Gasteiger partial charge on any atom is -0.350 e. The van der Waals surface area contributed by atoms with Crippen molar-refractivity contribution in [1.29, 1.82) is 0 Å². The van der Waals surface area contributed by atoms with Crippen molar-refractivity contribution in [2.24, 2.45) is 0 Å². The lowest BCUT2D eigenvalue weighted by atomic mass is 10.1. The quantitative estimate of drug-likeness (QED) is 0.900. The zero-order chi connectivity index (χ0) is 17.7. The summed E-state index contributed by atoms with van der Waals surface area (Å²) >= 11 is 6.02. The van der Waals surface area contributed by atoms with Crippen molar-refractivity contribution in [3.63, 3.8) is 0 Å². The number of benzene rings is 2. The average Bonchev–Trinajstić information content (AvgIpc) is 2.54. The first-order valence-corrected chi connectivity index (χ1v) is 8.11. The maximum Gasteiger partial charge on any atom is 0.240 e. The Hall–Kier alpha value is -2.33. The molecule has 126 valence electrons. The van der Waals surface area contributed by atoms with Crippen LogP contribution in [0, 0.1) is 13.8 Å². The lowest BCUT2D eigenvalue weighted by Gasteiger charge is -2.23. The molecule has 2 aromatic carbocycles. The summed E-state index contributed by atoms with van der Waals surface area (Å²) in [6.07, 6.45) is 0. The number of nitrogens with zero attached hydrogens (tertiary/aromatic N) is 1. The molecule has 2 amide bonds. The summed E-state index contributed by atoms with van der Waals surface area (Å²) < 4.78 is 0. The van der Waals surface area contributed by atoms with E-state index in [0.717, 1.165) is 11.1 Å². The highest BCUT2D eigenvalue weighted by Crippen LogP contribution is 2.24. The second-order valence-electron chi connectivity index (χ2n) is 5.80. The SMILES string of the molecule is CC(=O)N(CC(=O)NCc1ccc(C)cc1)c1cc(Cl)ccc1C. The fraction of sp³-hybridized carbons (Fsp3) is 0.263. The van der Waals surface area contributed by atoms with Gasteiger partial charge < -0.3 is 10.2 Å².